The van der Waals surface area contributed by atoms with E-state index in [2.05, 4.69) is 46.0 Å². The fourth-order valence-corrected chi connectivity index (χ4v) is 4.56. The van der Waals surface area contributed by atoms with Crippen molar-refractivity contribution >= 4 is 28.2 Å². The molecule has 1 aliphatic rings. The molecule has 0 N–H and O–H groups in total. The van der Waals surface area contributed by atoms with Crippen LogP contribution in [0.5, 0.6) is 0 Å². The molecule has 0 unspecified atom stereocenters. The van der Waals surface area contributed by atoms with E-state index in [4.69, 9.17) is 8.83 Å². The zero-order chi connectivity index (χ0) is 19.6. The Hall–Kier alpha value is -2.83. The van der Waals surface area contributed by atoms with Crippen LogP contribution in [0.15, 0.2) is 68.3 Å². The fraction of sp³-hybridized carbons (Fsp3) is 0.261. The van der Waals surface area contributed by atoms with Crippen LogP contribution >= 0.6 is 11.3 Å². The molecule has 5 rings (SSSR count). The van der Waals surface area contributed by atoms with E-state index in [1.54, 1.807) is 29.7 Å². The maximum Gasteiger partial charge on any atom is 0.289 e. The number of furan rings is 2. The molecule has 148 valence electrons. The van der Waals surface area contributed by atoms with Gasteiger partial charge in [0.1, 0.15) is 11.3 Å². The van der Waals surface area contributed by atoms with Crippen molar-refractivity contribution in [2.75, 3.05) is 26.2 Å². The first-order valence-corrected chi connectivity index (χ1v) is 10.8. The average molecular weight is 407 g/mol. The molecule has 0 bridgehead atoms. The van der Waals surface area contributed by atoms with Crippen molar-refractivity contribution in [2.24, 2.45) is 0 Å². The molecule has 4 aromatic rings. The Morgan fingerprint density at radius 2 is 2.00 bits per heavy atom. The summed E-state index contributed by atoms with van der Waals surface area (Å²) >= 11 is 1.71. The van der Waals surface area contributed by atoms with Gasteiger partial charge in [0.05, 0.1) is 12.8 Å². The lowest BCUT2D eigenvalue weighted by Gasteiger charge is -2.20. The first-order valence-electron chi connectivity index (χ1n) is 9.86. The number of fused-ring (bicyclic) bond motifs is 1. The van der Waals surface area contributed by atoms with Gasteiger partial charge in [-0.25, -0.2) is 0 Å². The summed E-state index contributed by atoms with van der Waals surface area (Å²) in [5, 5.41) is 5.39. The SMILES string of the molecule is O=C(c1ccco1)N1CCCN(Cc2cc3cc(-c4ccsc4)ccc3o2)CC1. The molecule has 29 heavy (non-hydrogen) atoms. The minimum Gasteiger partial charge on any atom is -0.460 e. The maximum absolute atomic E-state index is 12.5. The van der Waals surface area contributed by atoms with Gasteiger partial charge in [-0.2, -0.15) is 11.3 Å². The third kappa shape index (κ3) is 3.86. The number of hydrogen-bond acceptors (Lipinski definition) is 5. The van der Waals surface area contributed by atoms with Gasteiger partial charge < -0.3 is 13.7 Å². The highest BCUT2D eigenvalue weighted by Gasteiger charge is 2.22. The summed E-state index contributed by atoms with van der Waals surface area (Å²) in [5.74, 6) is 1.35. The molecule has 0 aliphatic carbocycles. The second-order valence-corrected chi connectivity index (χ2v) is 8.16. The molecule has 0 radical (unpaired) electrons. The van der Waals surface area contributed by atoms with E-state index in [0.29, 0.717) is 12.3 Å². The lowest BCUT2D eigenvalue weighted by molar-refractivity contribution is 0.0729. The predicted octanol–water partition coefficient (Wildman–Crippen LogP) is 5.10. The molecule has 1 fully saturated rings. The Labute approximate surface area is 173 Å². The standard InChI is InChI=1S/C23H22N2O3S/c26-23(22-3-1-11-27-22)25-8-2-7-24(9-10-25)15-20-14-19-13-17(4-5-21(19)28-20)18-6-12-29-16-18/h1,3-6,11-14,16H,2,7-10,15H2. The molecule has 3 aromatic heterocycles. The van der Waals surface area contributed by atoms with Crippen LogP contribution in [0.3, 0.4) is 0 Å². The van der Waals surface area contributed by atoms with Crippen LogP contribution in [-0.2, 0) is 6.54 Å². The smallest absolute Gasteiger partial charge is 0.289 e. The second kappa shape index (κ2) is 7.89. The Balaban J connectivity index is 1.26. The minimum atomic E-state index is -0.0263. The van der Waals surface area contributed by atoms with Crippen molar-refractivity contribution in [1.29, 1.82) is 0 Å². The van der Waals surface area contributed by atoms with Crippen LogP contribution in [0, 0.1) is 0 Å². The molecule has 1 aromatic carbocycles. The van der Waals surface area contributed by atoms with Crippen LogP contribution in [-0.4, -0.2) is 41.9 Å². The first kappa shape index (κ1) is 18.2. The zero-order valence-corrected chi connectivity index (χ0v) is 16.9. The minimum absolute atomic E-state index is 0.0263. The molecule has 6 heteroatoms. The average Bonchev–Trinajstić information content (AvgIpc) is 3.47. The second-order valence-electron chi connectivity index (χ2n) is 7.38. The van der Waals surface area contributed by atoms with Gasteiger partial charge in [0.15, 0.2) is 5.76 Å². The lowest BCUT2D eigenvalue weighted by atomic mass is 10.1. The van der Waals surface area contributed by atoms with Crippen molar-refractivity contribution in [3.05, 3.63) is 71.0 Å². The van der Waals surface area contributed by atoms with Gasteiger partial charge in [0, 0.05) is 31.6 Å². The molecule has 0 atom stereocenters. The third-order valence-corrected chi connectivity index (χ3v) is 6.09. The molecule has 1 amide bonds. The highest BCUT2D eigenvalue weighted by atomic mass is 32.1. The number of carbonyl (C=O) groups excluding carboxylic acids is 1. The number of carbonyl (C=O) groups is 1. The zero-order valence-electron chi connectivity index (χ0n) is 16.0. The van der Waals surface area contributed by atoms with Crippen molar-refractivity contribution in [2.45, 2.75) is 13.0 Å². The van der Waals surface area contributed by atoms with Gasteiger partial charge in [-0.3, -0.25) is 9.69 Å². The van der Waals surface area contributed by atoms with Gasteiger partial charge >= 0.3 is 0 Å². The topological polar surface area (TPSA) is 49.8 Å². The van der Waals surface area contributed by atoms with E-state index >= 15 is 0 Å². The van der Waals surface area contributed by atoms with Gasteiger partial charge in [-0.05, 0) is 64.7 Å². The molecule has 5 nitrogen and oxygen atoms in total. The van der Waals surface area contributed by atoms with Crippen LogP contribution in [0.2, 0.25) is 0 Å². The summed E-state index contributed by atoms with van der Waals surface area (Å²) < 4.78 is 11.3. The number of rotatable bonds is 4. The fourth-order valence-electron chi connectivity index (χ4n) is 3.89. The molecular formula is C23H22N2O3S. The van der Waals surface area contributed by atoms with Crippen LogP contribution in [0.4, 0.5) is 0 Å². The Morgan fingerprint density at radius 3 is 2.83 bits per heavy atom. The molecule has 0 saturated carbocycles. The first-order chi connectivity index (χ1) is 14.3. The number of benzene rings is 1. The van der Waals surface area contributed by atoms with E-state index < -0.39 is 0 Å². The molecule has 1 aliphatic heterocycles. The van der Waals surface area contributed by atoms with E-state index in [9.17, 15) is 4.79 Å². The van der Waals surface area contributed by atoms with E-state index in [0.717, 1.165) is 49.3 Å². The van der Waals surface area contributed by atoms with Gasteiger partial charge in [-0.1, -0.05) is 6.07 Å². The molecule has 0 spiro atoms. The van der Waals surface area contributed by atoms with Gasteiger partial charge in [0.25, 0.3) is 5.91 Å². The van der Waals surface area contributed by atoms with Crippen molar-refractivity contribution in [3.63, 3.8) is 0 Å². The monoisotopic (exact) mass is 406 g/mol. The van der Waals surface area contributed by atoms with Crippen LogP contribution < -0.4 is 0 Å². The van der Waals surface area contributed by atoms with E-state index in [1.807, 2.05) is 4.90 Å². The number of thiophene rings is 1. The van der Waals surface area contributed by atoms with Crippen LogP contribution in [0.25, 0.3) is 22.1 Å². The van der Waals surface area contributed by atoms with Gasteiger partial charge in [0.2, 0.25) is 0 Å². The van der Waals surface area contributed by atoms with Gasteiger partial charge in [-0.15, -0.1) is 0 Å². The van der Waals surface area contributed by atoms with Crippen molar-refractivity contribution in [1.82, 2.24) is 9.80 Å². The Morgan fingerprint density at radius 1 is 1.03 bits per heavy atom. The highest BCUT2D eigenvalue weighted by molar-refractivity contribution is 7.08. The summed E-state index contributed by atoms with van der Waals surface area (Å²) in [5.41, 5.74) is 3.38. The number of nitrogens with zero attached hydrogens (tertiary/aromatic N) is 2. The maximum atomic E-state index is 12.5. The third-order valence-electron chi connectivity index (χ3n) is 5.41. The normalized spacial score (nSPS) is 15.7. The molecule has 4 heterocycles. The largest absolute Gasteiger partial charge is 0.460 e. The lowest BCUT2D eigenvalue weighted by Crippen LogP contribution is -2.34. The highest BCUT2D eigenvalue weighted by Crippen LogP contribution is 2.28. The van der Waals surface area contributed by atoms with Crippen molar-refractivity contribution in [3.8, 4) is 11.1 Å². The summed E-state index contributed by atoms with van der Waals surface area (Å²) in [6.07, 6.45) is 2.48. The number of hydrogen-bond donors (Lipinski definition) is 0. The Kier molecular flexibility index (Phi) is 4.96. The quantitative estimate of drug-likeness (QED) is 0.473. The summed E-state index contributed by atoms with van der Waals surface area (Å²) in [7, 11) is 0. The van der Waals surface area contributed by atoms with Crippen LogP contribution in [0.1, 0.15) is 22.7 Å². The summed E-state index contributed by atoms with van der Waals surface area (Å²) in [4.78, 5) is 16.8. The van der Waals surface area contributed by atoms with Crippen molar-refractivity contribution < 1.29 is 13.6 Å². The summed E-state index contributed by atoms with van der Waals surface area (Å²) in [6, 6.07) is 14.1. The number of amides is 1. The van der Waals surface area contributed by atoms with E-state index in [-0.39, 0.29) is 5.91 Å². The molecule has 1 saturated heterocycles. The van der Waals surface area contributed by atoms with E-state index in [1.165, 1.54) is 11.1 Å². The Bertz CT molecular complexity index is 1100. The summed E-state index contributed by atoms with van der Waals surface area (Å²) in [6.45, 7) is 3.97. The molecular weight excluding hydrogens is 384 g/mol. The predicted molar refractivity (Wildman–Crippen MR) is 114 cm³/mol.